The number of carbonyl (C=O) groups excluding carboxylic acids is 2. The molecule has 0 spiro atoms. The largest absolute Gasteiger partial charge is 0.356 e. The Morgan fingerprint density at radius 1 is 1.25 bits per heavy atom. The zero-order chi connectivity index (χ0) is 20.5. The first-order valence-electron chi connectivity index (χ1n) is 9.13. The summed E-state index contributed by atoms with van der Waals surface area (Å²) in [5, 5.41) is 2.82. The molecule has 3 rings (SSSR count). The van der Waals surface area contributed by atoms with Gasteiger partial charge in [0.05, 0.1) is 17.9 Å². The monoisotopic (exact) mass is 415 g/mol. The molecule has 28 heavy (non-hydrogen) atoms. The van der Waals surface area contributed by atoms with E-state index in [2.05, 4.69) is 5.32 Å². The van der Waals surface area contributed by atoms with E-state index in [-0.39, 0.29) is 36.4 Å². The molecule has 1 atom stereocenters. The average molecular weight is 415 g/mol. The van der Waals surface area contributed by atoms with Gasteiger partial charge in [0.15, 0.2) is 0 Å². The van der Waals surface area contributed by atoms with Crippen LogP contribution in [0.25, 0.3) is 0 Å². The van der Waals surface area contributed by atoms with E-state index in [9.17, 15) is 26.8 Å². The van der Waals surface area contributed by atoms with Crippen molar-refractivity contribution >= 4 is 27.5 Å². The van der Waals surface area contributed by atoms with E-state index in [0.29, 0.717) is 38.5 Å². The van der Waals surface area contributed by atoms with Gasteiger partial charge in [-0.15, -0.1) is 0 Å². The minimum Gasteiger partial charge on any atom is -0.356 e. The minimum atomic E-state index is -3.19. The summed E-state index contributed by atoms with van der Waals surface area (Å²) < 4.78 is 51.5. The predicted molar refractivity (Wildman–Crippen MR) is 99.0 cm³/mol. The normalized spacial score (nSPS) is 21.9. The number of rotatable bonds is 5. The summed E-state index contributed by atoms with van der Waals surface area (Å²) in [6.45, 7) is 1.31. The Labute approximate surface area is 162 Å². The third-order valence-electron chi connectivity index (χ3n) is 5.30. The van der Waals surface area contributed by atoms with Crippen LogP contribution < -0.4 is 10.2 Å². The van der Waals surface area contributed by atoms with Gasteiger partial charge in [0.2, 0.25) is 21.8 Å². The third kappa shape index (κ3) is 4.67. The van der Waals surface area contributed by atoms with Crippen molar-refractivity contribution in [3.8, 4) is 0 Å². The van der Waals surface area contributed by atoms with Crippen molar-refractivity contribution < 1.29 is 26.8 Å². The number of hydrogen-bond acceptors (Lipinski definition) is 4. The summed E-state index contributed by atoms with van der Waals surface area (Å²) in [5.41, 5.74) is -0.0325. The molecule has 0 radical (unpaired) electrons. The molecule has 2 amide bonds. The third-order valence-corrected chi connectivity index (χ3v) is 6.61. The van der Waals surface area contributed by atoms with Gasteiger partial charge in [-0.2, -0.15) is 0 Å². The van der Waals surface area contributed by atoms with E-state index in [1.807, 2.05) is 0 Å². The Hall–Kier alpha value is -2.07. The van der Waals surface area contributed by atoms with Crippen molar-refractivity contribution in [3.63, 3.8) is 0 Å². The lowest BCUT2D eigenvalue weighted by molar-refractivity contribution is -0.126. The maximum absolute atomic E-state index is 13.9. The number of anilines is 1. The average Bonchev–Trinajstić information content (AvgIpc) is 3.01. The second kappa shape index (κ2) is 8.12. The highest BCUT2D eigenvalue weighted by Crippen LogP contribution is 2.28. The standard InChI is InChI=1S/C18H23F2N3O4S/c1-28(26,27)22-6-4-12(5-7-22)10-21-18(25)13-8-17(24)23(11-13)16-3-2-14(19)9-15(16)20/h2-3,9,12-13H,4-8,10-11H2,1H3,(H,21,25). The van der Waals surface area contributed by atoms with Crippen molar-refractivity contribution in [2.24, 2.45) is 11.8 Å². The van der Waals surface area contributed by atoms with Gasteiger partial charge in [0.1, 0.15) is 11.6 Å². The van der Waals surface area contributed by atoms with Gasteiger partial charge in [0, 0.05) is 38.7 Å². The van der Waals surface area contributed by atoms with Gasteiger partial charge in [-0.05, 0) is 30.9 Å². The van der Waals surface area contributed by atoms with Gasteiger partial charge in [0.25, 0.3) is 0 Å². The van der Waals surface area contributed by atoms with E-state index in [1.165, 1.54) is 21.5 Å². The van der Waals surface area contributed by atoms with Gasteiger partial charge in [-0.1, -0.05) is 0 Å². The number of piperidine rings is 1. The smallest absolute Gasteiger partial charge is 0.227 e. The molecule has 154 valence electrons. The van der Waals surface area contributed by atoms with Crippen LogP contribution in [0.4, 0.5) is 14.5 Å². The summed E-state index contributed by atoms with van der Waals surface area (Å²) in [7, 11) is -3.19. The molecule has 1 unspecified atom stereocenters. The molecule has 10 heteroatoms. The second-order valence-electron chi connectivity index (χ2n) is 7.35. The van der Waals surface area contributed by atoms with Crippen LogP contribution in [0.5, 0.6) is 0 Å². The molecule has 7 nitrogen and oxygen atoms in total. The first-order chi connectivity index (χ1) is 13.1. The summed E-state index contributed by atoms with van der Waals surface area (Å²) in [5.74, 6) is -2.68. The summed E-state index contributed by atoms with van der Waals surface area (Å²) >= 11 is 0. The number of nitrogens with zero attached hydrogens (tertiary/aromatic N) is 2. The highest BCUT2D eigenvalue weighted by atomic mass is 32.2. The Morgan fingerprint density at radius 3 is 2.54 bits per heavy atom. The first kappa shape index (κ1) is 20.7. The second-order valence-corrected chi connectivity index (χ2v) is 9.33. The maximum atomic E-state index is 13.9. The molecule has 1 aromatic carbocycles. The Kier molecular flexibility index (Phi) is 5.99. The van der Waals surface area contributed by atoms with E-state index in [4.69, 9.17) is 0 Å². The quantitative estimate of drug-likeness (QED) is 0.781. The molecule has 2 aliphatic rings. The van der Waals surface area contributed by atoms with Gasteiger partial charge in [-0.3, -0.25) is 9.59 Å². The number of hydrogen-bond donors (Lipinski definition) is 1. The van der Waals surface area contributed by atoms with Crippen molar-refractivity contribution in [2.75, 3.05) is 37.3 Å². The molecule has 2 aliphatic heterocycles. The molecule has 0 aromatic heterocycles. The van der Waals surface area contributed by atoms with Crippen LogP contribution in [-0.2, 0) is 19.6 Å². The Morgan fingerprint density at radius 2 is 1.93 bits per heavy atom. The fraction of sp³-hybridized carbons (Fsp3) is 0.556. The molecule has 2 fully saturated rings. The van der Waals surface area contributed by atoms with Crippen LogP contribution in [0.2, 0.25) is 0 Å². The highest BCUT2D eigenvalue weighted by Gasteiger charge is 2.36. The van der Waals surface area contributed by atoms with Gasteiger partial charge < -0.3 is 10.2 Å². The van der Waals surface area contributed by atoms with Crippen LogP contribution >= 0.6 is 0 Å². The molecular weight excluding hydrogens is 392 g/mol. The molecule has 0 bridgehead atoms. The molecule has 2 heterocycles. The number of halogens is 2. The van der Waals surface area contributed by atoms with Gasteiger partial charge in [-0.25, -0.2) is 21.5 Å². The van der Waals surface area contributed by atoms with Crippen molar-refractivity contribution in [1.29, 1.82) is 0 Å². The van der Waals surface area contributed by atoms with E-state index in [1.54, 1.807) is 0 Å². The number of carbonyl (C=O) groups is 2. The van der Waals surface area contributed by atoms with Crippen molar-refractivity contribution in [1.82, 2.24) is 9.62 Å². The van der Waals surface area contributed by atoms with Crippen LogP contribution in [0.1, 0.15) is 19.3 Å². The fourth-order valence-corrected chi connectivity index (χ4v) is 4.52. The topological polar surface area (TPSA) is 86.8 Å². The van der Waals surface area contributed by atoms with E-state index in [0.717, 1.165) is 6.07 Å². The number of benzene rings is 1. The van der Waals surface area contributed by atoms with E-state index < -0.39 is 27.6 Å². The van der Waals surface area contributed by atoms with Crippen LogP contribution in [0.3, 0.4) is 0 Å². The highest BCUT2D eigenvalue weighted by molar-refractivity contribution is 7.88. The first-order valence-corrected chi connectivity index (χ1v) is 11.0. The molecular formula is C18H23F2N3O4S. The van der Waals surface area contributed by atoms with Crippen molar-refractivity contribution in [3.05, 3.63) is 29.8 Å². The summed E-state index contributed by atoms with van der Waals surface area (Å²) in [6, 6.07) is 2.97. The summed E-state index contributed by atoms with van der Waals surface area (Å²) in [6.07, 6.45) is 2.46. The lowest BCUT2D eigenvalue weighted by Gasteiger charge is -2.30. The molecule has 1 aromatic rings. The number of amides is 2. The number of sulfonamides is 1. The summed E-state index contributed by atoms with van der Waals surface area (Å²) in [4.78, 5) is 25.8. The molecule has 2 saturated heterocycles. The lowest BCUT2D eigenvalue weighted by atomic mass is 9.97. The zero-order valence-corrected chi connectivity index (χ0v) is 16.3. The Balaban J connectivity index is 1.51. The zero-order valence-electron chi connectivity index (χ0n) is 15.5. The van der Waals surface area contributed by atoms with Crippen LogP contribution in [-0.4, -0.2) is 57.0 Å². The predicted octanol–water partition coefficient (Wildman–Crippen LogP) is 1.11. The maximum Gasteiger partial charge on any atom is 0.227 e. The van der Waals surface area contributed by atoms with Gasteiger partial charge >= 0.3 is 0 Å². The van der Waals surface area contributed by atoms with E-state index >= 15 is 0 Å². The number of nitrogens with one attached hydrogen (secondary N) is 1. The molecule has 0 aliphatic carbocycles. The fourth-order valence-electron chi connectivity index (χ4n) is 3.65. The Bertz CT molecular complexity index is 870. The molecule has 0 saturated carbocycles. The molecule has 1 N–H and O–H groups in total. The van der Waals surface area contributed by atoms with Crippen molar-refractivity contribution in [2.45, 2.75) is 19.3 Å². The SMILES string of the molecule is CS(=O)(=O)N1CCC(CNC(=O)C2CC(=O)N(c3ccc(F)cc3F)C2)CC1. The minimum absolute atomic E-state index is 0.0325. The van der Waals surface area contributed by atoms with Crippen LogP contribution in [0.15, 0.2) is 18.2 Å². The lowest BCUT2D eigenvalue weighted by Crippen LogP contribution is -2.42. The van der Waals surface area contributed by atoms with Crippen LogP contribution in [0, 0.1) is 23.5 Å².